The maximum absolute atomic E-state index is 13.5. The van der Waals surface area contributed by atoms with E-state index in [0.29, 0.717) is 49.1 Å². The Labute approximate surface area is 246 Å². The van der Waals surface area contributed by atoms with E-state index in [0.717, 1.165) is 42.5 Å². The van der Waals surface area contributed by atoms with Crippen LogP contribution in [0.3, 0.4) is 0 Å². The topological polar surface area (TPSA) is 140 Å². The fourth-order valence-electron chi connectivity index (χ4n) is 7.10. The molecule has 4 heterocycles. The van der Waals surface area contributed by atoms with Gasteiger partial charge in [-0.1, -0.05) is 19.8 Å². The molecule has 228 valence electrons. The van der Waals surface area contributed by atoms with Crippen molar-refractivity contribution in [3.63, 3.8) is 0 Å². The Bertz CT molecular complexity index is 1380. The molecule has 1 saturated heterocycles. The minimum Gasteiger partial charge on any atom is -0.495 e. The van der Waals surface area contributed by atoms with E-state index < -0.39 is 5.91 Å². The summed E-state index contributed by atoms with van der Waals surface area (Å²) >= 11 is 0. The summed E-state index contributed by atoms with van der Waals surface area (Å²) in [7, 11) is 3.53. The first-order chi connectivity index (χ1) is 20.2. The lowest BCUT2D eigenvalue weighted by atomic mass is 10.0. The van der Waals surface area contributed by atoms with E-state index in [1.807, 2.05) is 30.1 Å². The number of aliphatic hydroxyl groups is 1. The summed E-state index contributed by atoms with van der Waals surface area (Å²) in [6, 6.07) is 6.24. The molecule has 0 spiro atoms. The van der Waals surface area contributed by atoms with Crippen molar-refractivity contribution in [1.29, 1.82) is 0 Å². The van der Waals surface area contributed by atoms with Gasteiger partial charge in [0.1, 0.15) is 17.3 Å². The standard InChI is InChI=1S/C30H44N8O4/c1-4-20-17-35(2)27-28(38(20)21-7-5-6-8-21)33-30(31,34-29(27)41)32-23-15-19-9-14-37(24(19)16-25(23)42-3)26(40)18-36-12-10-22(39)11-13-36/h9,14-16,20-22,32-33,39H,4-8,10-13,17-18,31H2,1-3H3,(H,34,41)/t20?,30-/m1/s1. The van der Waals surface area contributed by atoms with Crippen molar-refractivity contribution >= 4 is 28.4 Å². The summed E-state index contributed by atoms with van der Waals surface area (Å²) < 4.78 is 7.38. The van der Waals surface area contributed by atoms with Gasteiger partial charge in [-0.25, -0.2) is 0 Å². The van der Waals surface area contributed by atoms with E-state index >= 15 is 0 Å². The van der Waals surface area contributed by atoms with Crippen molar-refractivity contribution in [3.8, 4) is 5.75 Å². The van der Waals surface area contributed by atoms with Gasteiger partial charge < -0.3 is 30.3 Å². The Morgan fingerprint density at radius 2 is 1.93 bits per heavy atom. The number of amides is 1. The molecule has 0 radical (unpaired) electrons. The normalized spacial score (nSPS) is 25.9. The van der Waals surface area contributed by atoms with Crippen LogP contribution in [0.5, 0.6) is 5.75 Å². The van der Waals surface area contributed by atoms with Gasteiger partial charge in [-0.05, 0) is 44.2 Å². The monoisotopic (exact) mass is 580 g/mol. The van der Waals surface area contributed by atoms with Crippen LogP contribution in [0.15, 0.2) is 35.9 Å². The fourth-order valence-corrected chi connectivity index (χ4v) is 7.10. The summed E-state index contributed by atoms with van der Waals surface area (Å²) in [5, 5.41) is 20.3. The van der Waals surface area contributed by atoms with Crippen LogP contribution in [0.2, 0.25) is 0 Å². The number of hydrogen-bond donors (Lipinski definition) is 5. The second kappa shape index (κ2) is 11.3. The molecule has 1 saturated carbocycles. The van der Waals surface area contributed by atoms with Gasteiger partial charge in [0.15, 0.2) is 0 Å². The molecule has 0 bridgehead atoms. The molecule has 1 aromatic carbocycles. The summed E-state index contributed by atoms with van der Waals surface area (Å²) in [5.74, 6) is -0.485. The number of nitrogens with zero attached hydrogens (tertiary/aromatic N) is 4. The van der Waals surface area contributed by atoms with Crippen molar-refractivity contribution in [3.05, 3.63) is 35.9 Å². The first-order valence-electron chi connectivity index (χ1n) is 15.2. The predicted molar refractivity (Wildman–Crippen MR) is 160 cm³/mol. The number of rotatable bonds is 7. The average molecular weight is 581 g/mol. The molecule has 1 aromatic heterocycles. The molecule has 6 rings (SSSR count). The Kier molecular flexibility index (Phi) is 7.71. The summed E-state index contributed by atoms with van der Waals surface area (Å²) in [4.78, 5) is 33.3. The van der Waals surface area contributed by atoms with Gasteiger partial charge in [0, 0.05) is 56.4 Å². The molecule has 6 N–H and O–H groups in total. The number of piperidine rings is 1. The first-order valence-corrected chi connectivity index (χ1v) is 15.2. The quantitative estimate of drug-likeness (QED) is 0.307. The third-order valence-electron chi connectivity index (χ3n) is 9.30. The predicted octanol–water partition coefficient (Wildman–Crippen LogP) is 1.59. The molecule has 12 heteroatoms. The molecule has 1 amide bonds. The van der Waals surface area contributed by atoms with E-state index in [1.54, 1.807) is 17.9 Å². The molecule has 2 aromatic rings. The molecule has 2 fully saturated rings. The number of benzene rings is 1. The Balaban J connectivity index is 1.27. The maximum atomic E-state index is 13.5. The van der Waals surface area contributed by atoms with Crippen molar-refractivity contribution in [2.24, 2.45) is 5.73 Å². The zero-order chi connectivity index (χ0) is 29.6. The molecule has 12 nitrogen and oxygen atoms in total. The molecular weight excluding hydrogens is 536 g/mol. The Morgan fingerprint density at radius 3 is 2.62 bits per heavy atom. The van der Waals surface area contributed by atoms with Crippen LogP contribution in [0.1, 0.15) is 56.7 Å². The highest BCUT2D eigenvalue weighted by molar-refractivity contribution is 5.97. The number of aliphatic hydroxyl groups excluding tert-OH is 1. The van der Waals surface area contributed by atoms with Crippen LogP contribution in [0.4, 0.5) is 5.69 Å². The smallest absolute Gasteiger partial charge is 0.275 e. The van der Waals surface area contributed by atoms with Crippen LogP contribution in [-0.2, 0) is 4.79 Å². The highest BCUT2D eigenvalue weighted by Crippen LogP contribution is 2.36. The number of carbonyl (C=O) groups is 2. The van der Waals surface area contributed by atoms with Crippen molar-refractivity contribution in [2.45, 2.75) is 76.0 Å². The number of hydrogen-bond acceptors (Lipinski definition) is 10. The summed E-state index contributed by atoms with van der Waals surface area (Å²) in [5.41, 5.74) is 8.76. The van der Waals surface area contributed by atoms with E-state index in [2.05, 4.69) is 32.7 Å². The van der Waals surface area contributed by atoms with Crippen LogP contribution >= 0.6 is 0 Å². The molecule has 3 aliphatic heterocycles. The SMILES string of the molecule is CCC1CN(C)C2=C(N[C@@](N)(Nc3cc4ccn(C(=O)CN5CCC(O)CC5)c4cc3OC)NC2=O)N1C1CCCC1. The number of carbonyl (C=O) groups excluding carboxylic acids is 2. The average Bonchev–Trinajstić information content (AvgIpc) is 3.63. The zero-order valence-electron chi connectivity index (χ0n) is 24.9. The third-order valence-corrected chi connectivity index (χ3v) is 9.30. The molecule has 1 aliphatic carbocycles. The van der Waals surface area contributed by atoms with Gasteiger partial charge in [0.2, 0.25) is 11.8 Å². The van der Waals surface area contributed by atoms with Gasteiger partial charge in [-0.2, -0.15) is 0 Å². The van der Waals surface area contributed by atoms with Crippen LogP contribution in [0.25, 0.3) is 10.9 Å². The lowest BCUT2D eigenvalue weighted by molar-refractivity contribution is -0.123. The van der Waals surface area contributed by atoms with Gasteiger partial charge in [0.25, 0.3) is 5.91 Å². The zero-order valence-corrected chi connectivity index (χ0v) is 24.9. The number of nitrogens with two attached hydrogens (primary N) is 1. The van der Waals surface area contributed by atoms with E-state index in [4.69, 9.17) is 10.5 Å². The number of nitrogens with one attached hydrogen (secondary N) is 3. The lowest BCUT2D eigenvalue weighted by Gasteiger charge is -2.52. The van der Waals surface area contributed by atoms with Crippen LogP contribution < -0.4 is 26.4 Å². The van der Waals surface area contributed by atoms with Crippen molar-refractivity contribution < 1.29 is 19.4 Å². The second-order valence-electron chi connectivity index (χ2n) is 12.2. The number of likely N-dealkylation sites (tertiary alicyclic amines) is 1. The lowest BCUT2D eigenvalue weighted by Crippen LogP contribution is -2.76. The van der Waals surface area contributed by atoms with Crippen molar-refractivity contribution in [2.75, 3.05) is 45.7 Å². The van der Waals surface area contributed by atoms with Crippen LogP contribution in [0, 0.1) is 0 Å². The van der Waals surface area contributed by atoms with Gasteiger partial charge in [-0.15, -0.1) is 0 Å². The van der Waals surface area contributed by atoms with E-state index in [1.165, 1.54) is 12.8 Å². The molecule has 42 heavy (non-hydrogen) atoms. The number of anilines is 1. The molecule has 1 unspecified atom stereocenters. The molecule has 4 aliphatic rings. The number of fused-ring (bicyclic) bond motifs is 1. The highest BCUT2D eigenvalue weighted by atomic mass is 16.5. The van der Waals surface area contributed by atoms with E-state index in [9.17, 15) is 14.7 Å². The molecular formula is C30H44N8O4. The minimum absolute atomic E-state index is 0.0426. The largest absolute Gasteiger partial charge is 0.495 e. The summed E-state index contributed by atoms with van der Waals surface area (Å²) in [6.45, 7) is 4.66. The number of aromatic nitrogens is 1. The van der Waals surface area contributed by atoms with Gasteiger partial charge in [-0.3, -0.25) is 30.1 Å². The fraction of sp³-hybridized carbons (Fsp3) is 0.600. The number of methoxy groups -OCH3 is 1. The Morgan fingerprint density at radius 1 is 1.19 bits per heavy atom. The number of ether oxygens (including phenoxy) is 1. The van der Waals surface area contributed by atoms with Gasteiger partial charge in [0.05, 0.1) is 31.0 Å². The maximum Gasteiger partial charge on any atom is 0.275 e. The van der Waals surface area contributed by atoms with E-state index in [-0.39, 0.29) is 30.5 Å². The summed E-state index contributed by atoms with van der Waals surface area (Å²) in [6.07, 6.45) is 8.40. The van der Waals surface area contributed by atoms with Gasteiger partial charge >= 0.3 is 0 Å². The first kappa shape index (κ1) is 28.6. The molecule has 2 atom stereocenters. The highest BCUT2D eigenvalue weighted by Gasteiger charge is 2.46. The van der Waals surface area contributed by atoms with Crippen molar-refractivity contribution in [1.82, 2.24) is 29.9 Å². The second-order valence-corrected chi connectivity index (χ2v) is 12.2. The third kappa shape index (κ3) is 5.27. The number of likely N-dealkylation sites (N-methyl/N-ethyl adjacent to an activating group) is 1. The van der Waals surface area contributed by atoms with Crippen LogP contribution in [-0.4, -0.2) is 101 Å². The Hall–Kier alpha value is -3.48. The minimum atomic E-state index is -1.47.